The van der Waals surface area contributed by atoms with Crippen LogP contribution in [0.2, 0.25) is 0 Å². The topological polar surface area (TPSA) is 34.1 Å². The third-order valence-electron chi connectivity index (χ3n) is 2.52. The van der Waals surface area contributed by atoms with Gasteiger partial charge in [-0.15, -0.1) is 0 Å². The molecular weight excluding hydrogens is 226 g/mol. The predicted octanol–water partition coefficient (Wildman–Crippen LogP) is 2.29. The number of pyridine rings is 1. The summed E-state index contributed by atoms with van der Waals surface area (Å²) < 4.78 is 29.0. The van der Waals surface area contributed by atoms with Gasteiger partial charge in [0, 0.05) is 24.3 Å². The lowest BCUT2D eigenvalue weighted by Crippen LogP contribution is -2.16. The predicted molar refractivity (Wildman–Crippen MR) is 60.3 cm³/mol. The van der Waals surface area contributed by atoms with Crippen molar-refractivity contribution in [2.75, 3.05) is 6.61 Å². The summed E-state index contributed by atoms with van der Waals surface area (Å²) in [6.07, 6.45) is -0.0252. The van der Waals surface area contributed by atoms with Gasteiger partial charge in [-0.25, -0.2) is 13.8 Å². The van der Waals surface area contributed by atoms with Gasteiger partial charge in [0.2, 0.25) is 5.88 Å². The van der Waals surface area contributed by atoms with Crippen molar-refractivity contribution in [1.29, 1.82) is 0 Å². The molecule has 1 aliphatic rings. The SMILES string of the molecule is Cc1cc(CNC2CC2)cc(OCC(F)F)n1. The van der Waals surface area contributed by atoms with E-state index in [0.29, 0.717) is 6.04 Å². The average molecular weight is 242 g/mol. The molecule has 0 bridgehead atoms. The summed E-state index contributed by atoms with van der Waals surface area (Å²) in [4.78, 5) is 4.07. The zero-order valence-corrected chi connectivity index (χ0v) is 9.75. The van der Waals surface area contributed by atoms with E-state index in [1.165, 1.54) is 12.8 Å². The molecule has 1 aromatic heterocycles. The van der Waals surface area contributed by atoms with Crippen molar-refractivity contribution in [2.45, 2.75) is 38.8 Å². The smallest absolute Gasteiger partial charge is 0.272 e. The zero-order valence-electron chi connectivity index (χ0n) is 9.75. The van der Waals surface area contributed by atoms with Gasteiger partial charge in [-0.3, -0.25) is 0 Å². The molecule has 0 aromatic carbocycles. The number of nitrogens with zero attached hydrogens (tertiary/aromatic N) is 1. The van der Waals surface area contributed by atoms with E-state index in [1.807, 2.05) is 13.0 Å². The Kier molecular flexibility index (Phi) is 3.89. The molecule has 1 heterocycles. The Bertz CT molecular complexity index is 357. The van der Waals surface area contributed by atoms with Crippen LogP contribution in [0.15, 0.2) is 12.1 Å². The second kappa shape index (κ2) is 5.40. The molecule has 1 N–H and O–H groups in total. The summed E-state index contributed by atoms with van der Waals surface area (Å²) in [5.74, 6) is 0.276. The second-order valence-corrected chi connectivity index (χ2v) is 4.31. The Morgan fingerprint density at radius 1 is 1.47 bits per heavy atom. The summed E-state index contributed by atoms with van der Waals surface area (Å²) in [7, 11) is 0. The van der Waals surface area contributed by atoms with Gasteiger partial charge < -0.3 is 10.1 Å². The molecule has 0 atom stereocenters. The van der Waals surface area contributed by atoms with E-state index in [-0.39, 0.29) is 5.88 Å². The van der Waals surface area contributed by atoms with Crippen LogP contribution >= 0.6 is 0 Å². The normalized spacial score (nSPS) is 15.3. The minimum absolute atomic E-state index is 0.276. The van der Waals surface area contributed by atoms with Gasteiger partial charge in [0.25, 0.3) is 6.43 Å². The van der Waals surface area contributed by atoms with Crippen LogP contribution < -0.4 is 10.1 Å². The summed E-state index contributed by atoms with van der Waals surface area (Å²) in [6, 6.07) is 4.27. The molecule has 5 heteroatoms. The highest BCUT2D eigenvalue weighted by molar-refractivity contribution is 5.24. The molecule has 0 amide bonds. The molecule has 2 rings (SSSR count). The highest BCUT2D eigenvalue weighted by Gasteiger charge is 2.20. The first kappa shape index (κ1) is 12.2. The number of aromatic nitrogens is 1. The molecule has 0 radical (unpaired) electrons. The fourth-order valence-corrected chi connectivity index (χ4v) is 1.58. The van der Waals surface area contributed by atoms with Crippen molar-refractivity contribution in [2.24, 2.45) is 0 Å². The van der Waals surface area contributed by atoms with Crippen LogP contribution in [0.3, 0.4) is 0 Å². The lowest BCUT2D eigenvalue weighted by atomic mass is 10.2. The maximum Gasteiger partial charge on any atom is 0.272 e. The van der Waals surface area contributed by atoms with Gasteiger partial charge in [-0.2, -0.15) is 0 Å². The molecule has 1 fully saturated rings. The Labute approximate surface area is 99.2 Å². The molecule has 1 saturated carbocycles. The van der Waals surface area contributed by atoms with E-state index >= 15 is 0 Å². The molecule has 0 saturated heterocycles. The first-order chi connectivity index (χ1) is 8.13. The summed E-state index contributed by atoms with van der Waals surface area (Å²) in [5, 5.41) is 3.36. The maximum atomic E-state index is 12.0. The molecule has 0 unspecified atom stereocenters. The van der Waals surface area contributed by atoms with E-state index < -0.39 is 13.0 Å². The van der Waals surface area contributed by atoms with Crippen LogP contribution in [0, 0.1) is 6.92 Å². The lowest BCUT2D eigenvalue weighted by molar-refractivity contribution is 0.0794. The molecule has 17 heavy (non-hydrogen) atoms. The minimum atomic E-state index is -2.47. The summed E-state index contributed by atoms with van der Waals surface area (Å²) in [5.41, 5.74) is 1.80. The van der Waals surface area contributed by atoms with E-state index in [0.717, 1.165) is 17.8 Å². The zero-order chi connectivity index (χ0) is 12.3. The molecule has 0 spiro atoms. The Balaban J connectivity index is 1.94. The lowest BCUT2D eigenvalue weighted by Gasteiger charge is -2.09. The van der Waals surface area contributed by atoms with Crippen molar-refractivity contribution in [1.82, 2.24) is 10.3 Å². The van der Waals surface area contributed by atoms with Crippen molar-refractivity contribution < 1.29 is 13.5 Å². The van der Waals surface area contributed by atoms with Gasteiger partial charge in [0.05, 0.1) is 0 Å². The monoisotopic (exact) mass is 242 g/mol. The number of halogens is 2. The number of hydrogen-bond acceptors (Lipinski definition) is 3. The number of aryl methyl sites for hydroxylation is 1. The van der Waals surface area contributed by atoms with Crippen molar-refractivity contribution in [3.8, 4) is 5.88 Å². The quantitative estimate of drug-likeness (QED) is 0.831. The Hall–Kier alpha value is -1.23. The van der Waals surface area contributed by atoms with Crippen LogP contribution in [-0.2, 0) is 6.54 Å². The van der Waals surface area contributed by atoms with E-state index in [4.69, 9.17) is 4.74 Å². The minimum Gasteiger partial charge on any atom is -0.472 e. The van der Waals surface area contributed by atoms with Crippen LogP contribution in [0.4, 0.5) is 8.78 Å². The fraction of sp³-hybridized carbons (Fsp3) is 0.583. The number of nitrogens with one attached hydrogen (secondary N) is 1. The molecular formula is C12H16F2N2O. The summed E-state index contributed by atoms with van der Waals surface area (Å²) >= 11 is 0. The van der Waals surface area contributed by atoms with Gasteiger partial charge in [0.1, 0.15) is 0 Å². The van der Waals surface area contributed by atoms with E-state index in [1.54, 1.807) is 6.07 Å². The van der Waals surface area contributed by atoms with Gasteiger partial charge >= 0.3 is 0 Å². The molecule has 94 valence electrons. The van der Waals surface area contributed by atoms with Crippen LogP contribution in [0.5, 0.6) is 5.88 Å². The second-order valence-electron chi connectivity index (χ2n) is 4.31. The number of hydrogen-bond donors (Lipinski definition) is 1. The summed E-state index contributed by atoms with van der Waals surface area (Å²) in [6.45, 7) is 1.96. The Morgan fingerprint density at radius 3 is 2.88 bits per heavy atom. The third-order valence-corrected chi connectivity index (χ3v) is 2.52. The highest BCUT2D eigenvalue weighted by atomic mass is 19.3. The van der Waals surface area contributed by atoms with Crippen LogP contribution in [-0.4, -0.2) is 24.1 Å². The fourth-order valence-electron chi connectivity index (χ4n) is 1.58. The molecule has 1 aliphatic carbocycles. The van der Waals surface area contributed by atoms with Crippen molar-refractivity contribution in [3.63, 3.8) is 0 Å². The first-order valence-corrected chi connectivity index (χ1v) is 5.75. The van der Waals surface area contributed by atoms with E-state index in [2.05, 4.69) is 10.3 Å². The third kappa shape index (κ3) is 4.26. The highest BCUT2D eigenvalue weighted by Crippen LogP contribution is 2.20. The van der Waals surface area contributed by atoms with Gasteiger partial charge in [-0.1, -0.05) is 0 Å². The van der Waals surface area contributed by atoms with Gasteiger partial charge in [0.15, 0.2) is 6.61 Å². The molecule has 3 nitrogen and oxygen atoms in total. The van der Waals surface area contributed by atoms with Gasteiger partial charge in [-0.05, 0) is 31.4 Å². The largest absolute Gasteiger partial charge is 0.472 e. The van der Waals surface area contributed by atoms with Crippen molar-refractivity contribution in [3.05, 3.63) is 23.4 Å². The standard InChI is InChI=1S/C12H16F2N2O/c1-8-4-9(6-15-10-2-3-10)5-12(16-8)17-7-11(13)14/h4-5,10-11,15H,2-3,6-7H2,1H3. The average Bonchev–Trinajstić information content (AvgIpc) is 3.07. The number of ether oxygens (including phenoxy) is 1. The van der Waals surface area contributed by atoms with Crippen LogP contribution in [0.25, 0.3) is 0 Å². The van der Waals surface area contributed by atoms with Crippen LogP contribution in [0.1, 0.15) is 24.1 Å². The number of rotatable bonds is 6. The maximum absolute atomic E-state index is 12.0. The molecule has 1 aromatic rings. The van der Waals surface area contributed by atoms with Crippen molar-refractivity contribution >= 4 is 0 Å². The number of alkyl halides is 2. The Morgan fingerprint density at radius 2 is 2.24 bits per heavy atom. The first-order valence-electron chi connectivity index (χ1n) is 5.75. The van der Waals surface area contributed by atoms with E-state index in [9.17, 15) is 8.78 Å². The molecule has 0 aliphatic heterocycles.